The van der Waals surface area contributed by atoms with Crippen LogP contribution < -0.4 is 4.90 Å². The number of nitrogens with zero attached hydrogens (tertiary/aromatic N) is 4. The summed E-state index contributed by atoms with van der Waals surface area (Å²) in [5.74, 6) is 0.436. The largest absolute Gasteiger partial charge is 0.507 e. The van der Waals surface area contributed by atoms with Crippen molar-refractivity contribution in [2.45, 2.75) is 51.7 Å². The van der Waals surface area contributed by atoms with Crippen molar-refractivity contribution < 1.29 is 18.3 Å². The van der Waals surface area contributed by atoms with Gasteiger partial charge in [0.15, 0.2) is 5.82 Å². The van der Waals surface area contributed by atoms with Gasteiger partial charge >= 0.3 is 6.18 Å². The van der Waals surface area contributed by atoms with Crippen LogP contribution in [0, 0.1) is 6.92 Å². The second kappa shape index (κ2) is 8.06. The van der Waals surface area contributed by atoms with E-state index in [-0.39, 0.29) is 0 Å². The normalized spacial score (nSPS) is 19.9. The van der Waals surface area contributed by atoms with E-state index < -0.39 is 17.5 Å². The summed E-state index contributed by atoms with van der Waals surface area (Å²) in [4.78, 5) is 4.79. The molecule has 2 aliphatic heterocycles. The number of rotatable bonds is 4. The van der Waals surface area contributed by atoms with Crippen LogP contribution in [-0.4, -0.2) is 52.4 Å². The number of likely N-dealkylation sites (N-methyl/N-ethyl adjacent to an activating group) is 1. The van der Waals surface area contributed by atoms with E-state index in [1.807, 2.05) is 6.07 Å². The number of halogens is 3. The van der Waals surface area contributed by atoms with E-state index in [9.17, 15) is 18.3 Å². The fourth-order valence-corrected chi connectivity index (χ4v) is 4.78. The highest BCUT2D eigenvalue weighted by Crippen LogP contribution is 2.39. The molecule has 0 aliphatic carbocycles. The lowest BCUT2D eigenvalue weighted by atomic mass is 9.98. The fourth-order valence-electron chi connectivity index (χ4n) is 4.78. The Morgan fingerprint density at radius 3 is 2.63 bits per heavy atom. The Bertz CT molecular complexity index is 908. The zero-order chi connectivity index (χ0) is 21.5. The number of hydrogen-bond donors (Lipinski definition) is 1. The van der Waals surface area contributed by atoms with Crippen LogP contribution in [0.4, 0.5) is 19.0 Å². The van der Waals surface area contributed by atoms with Gasteiger partial charge in [-0.15, -0.1) is 10.2 Å². The number of aryl methyl sites for hydroxylation is 2. The highest BCUT2D eigenvalue weighted by atomic mass is 19.4. The molecule has 0 unspecified atom stereocenters. The smallest absolute Gasteiger partial charge is 0.416 e. The van der Waals surface area contributed by atoms with E-state index >= 15 is 0 Å². The summed E-state index contributed by atoms with van der Waals surface area (Å²) in [7, 11) is 0. The van der Waals surface area contributed by atoms with Crippen LogP contribution >= 0.6 is 0 Å². The Balaban J connectivity index is 1.63. The van der Waals surface area contributed by atoms with Crippen LogP contribution in [0.15, 0.2) is 18.2 Å². The third kappa shape index (κ3) is 3.97. The predicted octanol–water partition coefficient (Wildman–Crippen LogP) is 4.41. The molecule has 2 aromatic rings. The molecule has 0 saturated carbocycles. The molecule has 8 heteroatoms. The zero-order valence-electron chi connectivity index (χ0n) is 17.3. The third-order valence-corrected chi connectivity index (χ3v) is 6.26. The van der Waals surface area contributed by atoms with Gasteiger partial charge in [0, 0.05) is 24.7 Å². The molecule has 3 heterocycles. The van der Waals surface area contributed by atoms with Gasteiger partial charge in [-0.2, -0.15) is 13.2 Å². The van der Waals surface area contributed by atoms with Crippen molar-refractivity contribution in [3.63, 3.8) is 0 Å². The van der Waals surface area contributed by atoms with Gasteiger partial charge in [0.1, 0.15) is 5.75 Å². The Kier molecular flexibility index (Phi) is 5.61. The summed E-state index contributed by atoms with van der Waals surface area (Å²) in [6.45, 7) is 7.77. The summed E-state index contributed by atoms with van der Waals surface area (Å²) < 4.78 is 39.1. The average Bonchev–Trinajstić information content (AvgIpc) is 3.14. The number of fused-ring (bicyclic) bond motifs is 1. The number of aromatic hydroxyl groups is 1. The average molecular weight is 420 g/mol. The molecule has 0 spiro atoms. The van der Waals surface area contributed by atoms with Crippen molar-refractivity contribution in [1.29, 1.82) is 0 Å². The minimum absolute atomic E-state index is 0.309. The quantitative estimate of drug-likeness (QED) is 0.794. The zero-order valence-corrected chi connectivity index (χ0v) is 17.3. The van der Waals surface area contributed by atoms with Crippen molar-refractivity contribution in [2.24, 2.45) is 0 Å². The Morgan fingerprint density at radius 2 is 1.93 bits per heavy atom. The van der Waals surface area contributed by atoms with Crippen molar-refractivity contribution in [2.75, 3.05) is 31.1 Å². The van der Waals surface area contributed by atoms with Crippen molar-refractivity contribution >= 4 is 5.82 Å². The lowest BCUT2D eigenvalue weighted by molar-refractivity contribution is -0.137. The van der Waals surface area contributed by atoms with Gasteiger partial charge in [-0.25, -0.2) is 0 Å². The minimum atomic E-state index is -4.50. The molecular formula is C22H27F3N4O. The molecule has 2 aliphatic rings. The number of benzene rings is 1. The number of anilines is 1. The van der Waals surface area contributed by atoms with Crippen molar-refractivity contribution in [3.8, 4) is 17.0 Å². The van der Waals surface area contributed by atoms with Crippen LogP contribution in [0.2, 0.25) is 0 Å². The molecule has 1 atom stereocenters. The summed E-state index contributed by atoms with van der Waals surface area (Å²) >= 11 is 0. The summed E-state index contributed by atoms with van der Waals surface area (Å²) in [5.41, 5.74) is 1.22. The van der Waals surface area contributed by atoms with Gasteiger partial charge in [-0.05, 0) is 75.0 Å². The maximum atomic E-state index is 13.0. The molecule has 4 rings (SSSR count). The second-order valence-electron chi connectivity index (χ2n) is 8.24. The molecular weight excluding hydrogens is 393 g/mol. The van der Waals surface area contributed by atoms with Gasteiger partial charge in [-0.1, -0.05) is 6.92 Å². The van der Waals surface area contributed by atoms with E-state index in [1.165, 1.54) is 12.8 Å². The fraction of sp³-hybridized carbons (Fsp3) is 0.545. The summed E-state index contributed by atoms with van der Waals surface area (Å²) in [6.07, 6.45) is -0.262. The van der Waals surface area contributed by atoms with E-state index in [4.69, 9.17) is 0 Å². The monoisotopic (exact) mass is 420 g/mol. The Hall–Kier alpha value is -2.35. The van der Waals surface area contributed by atoms with Crippen LogP contribution in [0.1, 0.15) is 42.9 Å². The van der Waals surface area contributed by atoms with E-state index in [1.54, 1.807) is 6.92 Å². The van der Waals surface area contributed by atoms with Gasteiger partial charge in [-0.3, -0.25) is 4.90 Å². The van der Waals surface area contributed by atoms with E-state index in [2.05, 4.69) is 26.9 Å². The number of likely N-dealkylation sites (tertiary alicyclic amines) is 1. The minimum Gasteiger partial charge on any atom is -0.507 e. The molecule has 1 aromatic heterocycles. The molecule has 162 valence electrons. The summed E-state index contributed by atoms with van der Waals surface area (Å²) in [5, 5.41) is 19.0. The van der Waals surface area contributed by atoms with Gasteiger partial charge < -0.3 is 10.0 Å². The van der Waals surface area contributed by atoms with Crippen LogP contribution in [-0.2, 0) is 12.6 Å². The molecule has 1 aromatic carbocycles. The van der Waals surface area contributed by atoms with Gasteiger partial charge in [0.2, 0.25) is 0 Å². The number of alkyl halides is 3. The molecule has 1 N–H and O–H groups in total. The Morgan fingerprint density at radius 1 is 1.13 bits per heavy atom. The lowest BCUT2D eigenvalue weighted by Gasteiger charge is -2.34. The SMILES string of the molecule is CCN1CCC[C@H]1CN1CCCc2cc(-c3c(C)cc(C(F)(F)F)cc3O)nnc21. The lowest BCUT2D eigenvalue weighted by Crippen LogP contribution is -2.42. The van der Waals surface area contributed by atoms with Crippen molar-refractivity contribution in [3.05, 3.63) is 34.9 Å². The van der Waals surface area contributed by atoms with Crippen molar-refractivity contribution in [1.82, 2.24) is 15.1 Å². The molecule has 0 bridgehead atoms. The second-order valence-corrected chi connectivity index (χ2v) is 8.24. The number of phenolic OH excluding ortho intramolecular Hbond substituents is 1. The molecule has 0 radical (unpaired) electrons. The number of hydrogen-bond acceptors (Lipinski definition) is 5. The van der Waals surface area contributed by atoms with Crippen LogP contribution in [0.5, 0.6) is 5.75 Å². The predicted molar refractivity (Wildman–Crippen MR) is 110 cm³/mol. The first-order valence-corrected chi connectivity index (χ1v) is 10.5. The van der Waals surface area contributed by atoms with Crippen LogP contribution in [0.25, 0.3) is 11.3 Å². The highest BCUT2D eigenvalue weighted by molar-refractivity contribution is 5.72. The first-order chi connectivity index (χ1) is 14.3. The standard InChI is InChI=1S/C22H27F3N4O/c1-3-28-8-5-7-17(28)13-29-9-4-6-15-11-18(26-27-21(15)29)20-14(2)10-16(12-19(20)30)22(23,24)25/h10-12,17,30H,3-9,13H2,1-2H3/t17-/m0/s1. The van der Waals surface area contributed by atoms with Gasteiger partial charge in [0.05, 0.1) is 11.3 Å². The maximum Gasteiger partial charge on any atom is 0.416 e. The number of aromatic nitrogens is 2. The summed E-state index contributed by atoms with van der Waals surface area (Å²) in [6, 6.07) is 4.19. The molecule has 0 amide bonds. The van der Waals surface area contributed by atoms with Crippen LogP contribution in [0.3, 0.4) is 0 Å². The first kappa shape index (κ1) is 20.9. The molecule has 5 nitrogen and oxygen atoms in total. The van der Waals surface area contributed by atoms with E-state index in [0.29, 0.717) is 22.9 Å². The molecule has 1 saturated heterocycles. The molecule has 1 fully saturated rings. The third-order valence-electron chi connectivity index (χ3n) is 6.26. The van der Waals surface area contributed by atoms with Gasteiger partial charge in [0.25, 0.3) is 0 Å². The number of phenols is 1. The first-order valence-electron chi connectivity index (χ1n) is 10.5. The van der Waals surface area contributed by atoms with E-state index in [0.717, 1.165) is 62.5 Å². The topological polar surface area (TPSA) is 52.5 Å². The maximum absolute atomic E-state index is 13.0. The highest BCUT2D eigenvalue weighted by Gasteiger charge is 2.33. The molecule has 30 heavy (non-hydrogen) atoms. The Labute approximate surface area is 174 Å².